The van der Waals surface area contributed by atoms with E-state index in [1.807, 2.05) is 66.7 Å². The van der Waals surface area contributed by atoms with Gasteiger partial charge in [-0.2, -0.15) is 0 Å². The minimum absolute atomic E-state index is 0.00437. The van der Waals surface area contributed by atoms with E-state index in [4.69, 9.17) is 9.47 Å². The van der Waals surface area contributed by atoms with Crippen LogP contribution in [0.15, 0.2) is 134 Å². The molecule has 51 heavy (non-hydrogen) atoms. The summed E-state index contributed by atoms with van der Waals surface area (Å²) in [4.78, 5) is 24.0. The van der Waals surface area contributed by atoms with Crippen molar-refractivity contribution in [2.24, 2.45) is 5.92 Å². The SMILES string of the molecule is C[C@@H]1[C@H](CN(C)Cc2ccccc2)O[C@H](c2ccc(-c3cccc(CNC(=O)c4cnc5ccccc5n4)c3)cc2)O[C@@H]1c1ccc(CO)cc1. The molecule has 0 spiro atoms. The van der Waals surface area contributed by atoms with Gasteiger partial charge in [-0.25, -0.2) is 4.98 Å². The first kappa shape index (κ1) is 34.2. The molecule has 2 N–H and O–H groups in total. The molecule has 1 aliphatic heterocycles. The van der Waals surface area contributed by atoms with Crippen LogP contribution in [0.5, 0.6) is 0 Å². The number of para-hydroxylation sites is 2. The summed E-state index contributed by atoms with van der Waals surface area (Å²) in [5.41, 5.74) is 8.93. The average molecular weight is 679 g/mol. The highest BCUT2D eigenvalue weighted by molar-refractivity contribution is 5.93. The summed E-state index contributed by atoms with van der Waals surface area (Å²) in [6.07, 6.45) is 0.703. The van der Waals surface area contributed by atoms with E-state index in [0.717, 1.165) is 52.0 Å². The molecule has 0 bridgehead atoms. The molecule has 1 fully saturated rings. The zero-order valence-electron chi connectivity index (χ0n) is 28.9. The van der Waals surface area contributed by atoms with Crippen LogP contribution >= 0.6 is 0 Å². The van der Waals surface area contributed by atoms with Crippen LogP contribution in [-0.2, 0) is 29.2 Å². The van der Waals surface area contributed by atoms with Gasteiger partial charge in [0.15, 0.2) is 6.29 Å². The van der Waals surface area contributed by atoms with Crippen molar-refractivity contribution in [2.45, 2.75) is 45.1 Å². The number of benzene rings is 5. The van der Waals surface area contributed by atoms with Gasteiger partial charge in [-0.3, -0.25) is 14.7 Å². The van der Waals surface area contributed by atoms with E-state index >= 15 is 0 Å². The van der Waals surface area contributed by atoms with E-state index < -0.39 is 6.29 Å². The largest absolute Gasteiger partial charge is 0.392 e. The molecule has 0 unspecified atom stereocenters. The summed E-state index contributed by atoms with van der Waals surface area (Å²) in [7, 11) is 2.13. The number of ether oxygens (including phenoxy) is 2. The number of fused-ring (bicyclic) bond motifs is 1. The standard InChI is InChI=1S/C43H42N4O4/c1-29-40(27-47(2)26-30-9-4-3-5-10-30)50-43(51-41(29)34-17-15-31(28-48)16-18-34)35-21-19-33(20-22-35)36-12-8-11-32(23-36)24-45-42(49)39-25-44-37-13-6-7-14-38(37)46-39/h3-23,25,29,40-41,43,48H,24,26-28H2,1-2H3,(H,45,49)/t29-,40+,41+,43+/m1/s1. The third kappa shape index (κ3) is 8.22. The highest BCUT2D eigenvalue weighted by Crippen LogP contribution is 2.42. The highest BCUT2D eigenvalue weighted by Gasteiger charge is 2.38. The first-order valence-electron chi connectivity index (χ1n) is 17.4. The van der Waals surface area contributed by atoms with Crippen LogP contribution in [0.25, 0.3) is 22.2 Å². The third-order valence-corrected chi connectivity index (χ3v) is 9.49. The van der Waals surface area contributed by atoms with Gasteiger partial charge in [0.1, 0.15) is 5.69 Å². The van der Waals surface area contributed by atoms with Gasteiger partial charge in [0.2, 0.25) is 0 Å². The number of rotatable bonds is 11. The van der Waals surface area contributed by atoms with E-state index in [9.17, 15) is 9.90 Å². The molecule has 1 amide bonds. The molecule has 258 valence electrons. The number of aromatic nitrogens is 2. The highest BCUT2D eigenvalue weighted by atomic mass is 16.7. The maximum Gasteiger partial charge on any atom is 0.271 e. The topological polar surface area (TPSA) is 96.8 Å². The summed E-state index contributed by atoms with van der Waals surface area (Å²) in [5.74, 6) is -0.174. The molecular formula is C43H42N4O4. The van der Waals surface area contributed by atoms with Crippen molar-refractivity contribution >= 4 is 16.9 Å². The van der Waals surface area contributed by atoms with Crippen molar-refractivity contribution < 1.29 is 19.4 Å². The molecule has 0 saturated carbocycles. The lowest BCUT2D eigenvalue weighted by molar-refractivity contribution is -0.276. The zero-order chi connectivity index (χ0) is 35.2. The van der Waals surface area contributed by atoms with Crippen molar-refractivity contribution in [1.29, 1.82) is 0 Å². The molecule has 2 heterocycles. The van der Waals surface area contributed by atoms with Crippen molar-refractivity contribution in [1.82, 2.24) is 20.2 Å². The Morgan fingerprint density at radius 2 is 1.47 bits per heavy atom. The molecule has 8 nitrogen and oxygen atoms in total. The first-order chi connectivity index (χ1) is 24.9. The van der Waals surface area contributed by atoms with Gasteiger partial charge in [0.25, 0.3) is 5.91 Å². The predicted octanol–water partition coefficient (Wildman–Crippen LogP) is 7.64. The molecule has 4 atom stereocenters. The number of hydrogen-bond donors (Lipinski definition) is 2. The monoisotopic (exact) mass is 678 g/mol. The second-order valence-corrected chi connectivity index (χ2v) is 13.3. The Bertz CT molecular complexity index is 2070. The van der Waals surface area contributed by atoms with Crippen molar-refractivity contribution in [2.75, 3.05) is 13.6 Å². The number of nitrogens with zero attached hydrogens (tertiary/aromatic N) is 3. The number of hydrogen-bond acceptors (Lipinski definition) is 7. The molecule has 6 aromatic rings. The number of aliphatic hydroxyl groups is 1. The van der Waals surface area contributed by atoms with Gasteiger partial charge < -0.3 is 19.9 Å². The maximum absolute atomic E-state index is 12.9. The van der Waals surface area contributed by atoms with E-state index in [-0.39, 0.29) is 36.3 Å². The molecule has 1 aliphatic rings. The van der Waals surface area contributed by atoms with E-state index in [2.05, 4.69) is 94.8 Å². The molecule has 0 aliphatic carbocycles. The van der Waals surface area contributed by atoms with Crippen molar-refractivity contribution in [3.05, 3.63) is 167 Å². The third-order valence-electron chi connectivity index (χ3n) is 9.49. The van der Waals surface area contributed by atoms with Gasteiger partial charge in [0.05, 0.1) is 36.0 Å². The zero-order valence-corrected chi connectivity index (χ0v) is 28.9. The Labute approximate surface area is 298 Å². The summed E-state index contributed by atoms with van der Waals surface area (Å²) in [6.45, 7) is 4.13. The number of likely N-dealkylation sites (N-methyl/N-ethyl adjacent to an activating group) is 1. The van der Waals surface area contributed by atoms with Crippen LogP contribution in [-0.4, -0.2) is 45.6 Å². The lowest BCUT2D eigenvalue weighted by Gasteiger charge is -2.42. The lowest BCUT2D eigenvalue weighted by Crippen LogP contribution is -2.43. The minimum Gasteiger partial charge on any atom is -0.392 e. The number of nitrogens with one attached hydrogen (secondary N) is 1. The Kier molecular flexibility index (Phi) is 10.6. The summed E-state index contributed by atoms with van der Waals surface area (Å²) >= 11 is 0. The second-order valence-electron chi connectivity index (χ2n) is 13.3. The number of aliphatic hydroxyl groups excluding tert-OH is 1. The van der Waals surface area contributed by atoms with Gasteiger partial charge in [-0.1, -0.05) is 116 Å². The first-order valence-corrected chi connectivity index (χ1v) is 17.4. The van der Waals surface area contributed by atoms with Crippen molar-refractivity contribution in [3.63, 3.8) is 0 Å². The van der Waals surface area contributed by atoms with Gasteiger partial charge >= 0.3 is 0 Å². The molecule has 7 rings (SSSR count). The molecule has 5 aromatic carbocycles. The maximum atomic E-state index is 12.9. The summed E-state index contributed by atoms with van der Waals surface area (Å²) in [5, 5.41) is 12.6. The molecule has 1 saturated heterocycles. The summed E-state index contributed by atoms with van der Waals surface area (Å²) in [6, 6.07) is 42.4. The Morgan fingerprint density at radius 3 is 2.24 bits per heavy atom. The van der Waals surface area contributed by atoms with Crippen LogP contribution in [0.4, 0.5) is 0 Å². The fraction of sp³-hybridized carbons (Fsp3) is 0.233. The van der Waals surface area contributed by atoms with Crippen molar-refractivity contribution in [3.8, 4) is 11.1 Å². The Hall–Kier alpha value is -5.25. The minimum atomic E-state index is -0.548. The Balaban J connectivity index is 1.05. The van der Waals surface area contributed by atoms with Crippen LogP contribution in [0.2, 0.25) is 0 Å². The number of amides is 1. The van der Waals surface area contributed by atoms with Gasteiger partial charge in [-0.05, 0) is 58.6 Å². The van der Waals surface area contributed by atoms with E-state index in [1.54, 1.807) is 0 Å². The van der Waals surface area contributed by atoms with Crippen LogP contribution in [0, 0.1) is 5.92 Å². The van der Waals surface area contributed by atoms with E-state index in [0.29, 0.717) is 12.1 Å². The van der Waals surface area contributed by atoms with Gasteiger partial charge in [-0.15, -0.1) is 0 Å². The second kappa shape index (κ2) is 15.7. The van der Waals surface area contributed by atoms with Crippen LogP contribution in [0.1, 0.15) is 57.6 Å². The number of carbonyl (C=O) groups excluding carboxylic acids is 1. The van der Waals surface area contributed by atoms with Crippen LogP contribution < -0.4 is 5.32 Å². The predicted molar refractivity (Wildman–Crippen MR) is 198 cm³/mol. The summed E-state index contributed by atoms with van der Waals surface area (Å²) < 4.78 is 13.4. The normalized spacial score (nSPS) is 18.9. The van der Waals surface area contributed by atoms with E-state index in [1.165, 1.54) is 11.8 Å². The fourth-order valence-electron chi connectivity index (χ4n) is 6.63. The smallest absolute Gasteiger partial charge is 0.271 e. The molecular weight excluding hydrogens is 636 g/mol. The number of carbonyl (C=O) groups is 1. The Morgan fingerprint density at radius 1 is 0.765 bits per heavy atom. The molecule has 8 heteroatoms. The average Bonchev–Trinajstić information content (AvgIpc) is 3.18. The van der Waals surface area contributed by atoms with Gasteiger partial charge in [0, 0.05) is 31.1 Å². The van der Waals surface area contributed by atoms with Crippen LogP contribution in [0.3, 0.4) is 0 Å². The molecule has 1 aromatic heterocycles. The quantitative estimate of drug-likeness (QED) is 0.145. The fourth-order valence-corrected chi connectivity index (χ4v) is 6.63. The molecule has 0 radical (unpaired) electrons. The lowest BCUT2D eigenvalue weighted by atomic mass is 9.90.